The van der Waals surface area contributed by atoms with E-state index < -0.39 is 5.97 Å². The highest BCUT2D eigenvalue weighted by Crippen LogP contribution is 2.27. The zero-order valence-corrected chi connectivity index (χ0v) is 10.8. The van der Waals surface area contributed by atoms with Gasteiger partial charge in [0.2, 0.25) is 0 Å². The summed E-state index contributed by atoms with van der Waals surface area (Å²) in [6.45, 7) is 3.15. The molecule has 2 N–H and O–H groups in total. The van der Waals surface area contributed by atoms with Gasteiger partial charge in [0.1, 0.15) is 5.82 Å². The first-order chi connectivity index (χ1) is 8.67. The Morgan fingerprint density at radius 3 is 3.11 bits per heavy atom. The molecule has 0 saturated carbocycles. The Morgan fingerprint density at radius 1 is 1.67 bits per heavy atom. The van der Waals surface area contributed by atoms with Crippen LogP contribution in [0.15, 0.2) is 12.3 Å². The van der Waals surface area contributed by atoms with Crippen LogP contribution in [0, 0.1) is 0 Å². The van der Waals surface area contributed by atoms with E-state index in [0.717, 1.165) is 25.2 Å². The number of carbonyl (C=O) groups is 1. The van der Waals surface area contributed by atoms with Gasteiger partial charge in [0.05, 0.1) is 24.6 Å². The Hall–Kier alpha value is -1.78. The number of ether oxygens (including phenoxy) is 1. The second-order valence-corrected chi connectivity index (χ2v) is 4.52. The lowest BCUT2D eigenvalue weighted by atomic mass is 10.1. The number of anilines is 2. The average molecular weight is 249 g/mol. The second-order valence-electron chi connectivity index (χ2n) is 4.52. The summed E-state index contributed by atoms with van der Waals surface area (Å²) in [7, 11) is 1.35. The first-order valence-corrected chi connectivity index (χ1v) is 6.27. The zero-order valence-electron chi connectivity index (χ0n) is 10.8. The fraction of sp³-hybridized carbons (Fsp3) is 0.538. The van der Waals surface area contributed by atoms with Crippen molar-refractivity contribution in [2.24, 2.45) is 0 Å². The van der Waals surface area contributed by atoms with E-state index in [-0.39, 0.29) is 0 Å². The van der Waals surface area contributed by atoms with Gasteiger partial charge in [-0.1, -0.05) is 6.92 Å². The number of carbonyl (C=O) groups excluding carboxylic acids is 1. The van der Waals surface area contributed by atoms with Crippen LogP contribution in [-0.4, -0.2) is 30.6 Å². The van der Waals surface area contributed by atoms with Crippen molar-refractivity contribution in [3.05, 3.63) is 17.8 Å². The molecule has 1 fully saturated rings. The molecule has 1 atom stereocenters. The SMILES string of the molecule is CCC1CCCN1c1cc(C(=O)OC)c(N)cn1. The Labute approximate surface area is 107 Å². The normalized spacial score (nSPS) is 19.0. The Morgan fingerprint density at radius 2 is 2.44 bits per heavy atom. The summed E-state index contributed by atoms with van der Waals surface area (Å²) in [5, 5.41) is 0. The minimum Gasteiger partial charge on any atom is -0.465 e. The van der Waals surface area contributed by atoms with Gasteiger partial charge in [-0.25, -0.2) is 9.78 Å². The molecular formula is C13H19N3O2. The molecule has 0 bridgehead atoms. The molecular weight excluding hydrogens is 230 g/mol. The fourth-order valence-corrected chi connectivity index (χ4v) is 2.46. The van der Waals surface area contributed by atoms with Gasteiger partial charge in [0.25, 0.3) is 0 Å². The fourth-order valence-electron chi connectivity index (χ4n) is 2.46. The number of pyridine rings is 1. The van der Waals surface area contributed by atoms with Crippen molar-refractivity contribution in [2.45, 2.75) is 32.2 Å². The summed E-state index contributed by atoms with van der Waals surface area (Å²) in [5.41, 5.74) is 6.50. The van der Waals surface area contributed by atoms with Crippen molar-refractivity contribution < 1.29 is 9.53 Å². The second kappa shape index (κ2) is 5.25. The van der Waals surface area contributed by atoms with E-state index in [9.17, 15) is 4.79 Å². The van der Waals surface area contributed by atoms with Gasteiger partial charge in [0, 0.05) is 12.6 Å². The van der Waals surface area contributed by atoms with Gasteiger partial charge >= 0.3 is 5.97 Å². The molecule has 0 aliphatic carbocycles. The first kappa shape index (κ1) is 12.7. The number of nitrogen functional groups attached to an aromatic ring is 1. The summed E-state index contributed by atoms with van der Waals surface area (Å²) in [5.74, 6) is 0.400. The van der Waals surface area contributed by atoms with Crippen LogP contribution < -0.4 is 10.6 Å². The molecule has 1 saturated heterocycles. The van der Waals surface area contributed by atoms with Crippen molar-refractivity contribution in [1.29, 1.82) is 0 Å². The molecule has 18 heavy (non-hydrogen) atoms. The molecule has 1 aromatic rings. The molecule has 0 spiro atoms. The maximum Gasteiger partial charge on any atom is 0.340 e. The molecule has 0 amide bonds. The van der Waals surface area contributed by atoms with Crippen LogP contribution in [0.3, 0.4) is 0 Å². The monoisotopic (exact) mass is 249 g/mol. The van der Waals surface area contributed by atoms with E-state index in [2.05, 4.69) is 16.8 Å². The van der Waals surface area contributed by atoms with Crippen LogP contribution in [-0.2, 0) is 4.74 Å². The molecule has 1 aliphatic heterocycles. The van der Waals surface area contributed by atoms with Crippen LogP contribution in [0.4, 0.5) is 11.5 Å². The van der Waals surface area contributed by atoms with Gasteiger partial charge in [-0.3, -0.25) is 0 Å². The number of esters is 1. The van der Waals surface area contributed by atoms with E-state index in [1.807, 2.05) is 0 Å². The lowest BCUT2D eigenvalue weighted by Gasteiger charge is -2.25. The molecule has 0 radical (unpaired) electrons. The van der Waals surface area contributed by atoms with Gasteiger partial charge in [0.15, 0.2) is 0 Å². The van der Waals surface area contributed by atoms with Crippen LogP contribution >= 0.6 is 0 Å². The third-order valence-electron chi connectivity index (χ3n) is 3.47. The number of hydrogen-bond donors (Lipinski definition) is 1. The molecule has 5 nitrogen and oxygen atoms in total. The highest BCUT2D eigenvalue weighted by Gasteiger charge is 2.25. The van der Waals surface area contributed by atoms with Crippen LogP contribution in [0.5, 0.6) is 0 Å². The van der Waals surface area contributed by atoms with Gasteiger partial charge < -0.3 is 15.4 Å². The Bertz CT molecular complexity index is 448. The maximum atomic E-state index is 11.6. The molecule has 1 aliphatic rings. The van der Waals surface area contributed by atoms with Gasteiger partial charge in [-0.2, -0.15) is 0 Å². The summed E-state index contributed by atoms with van der Waals surface area (Å²) >= 11 is 0. The predicted molar refractivity (Wildman–Crippen MR) is 70.6 cm³/mol. The lowest BCUT2D eigenvalue weighted by molar-refractivity contribution is 0.0602. The van der Waals surface area contributed by atoms with E-state index in [4.69, 9.17) is 10.5 Å². The largest absolute Gasteiger partial charge is 0.465 e. The standard InChI is InChI=1S/C13H19N3O2/c1-3-9-5-4-6-16(9)12-7-10(13(17)18-2)11(14)8-15-12/h7-9H,3-6,14H2,1-2H3. The molecule has 0 aromatic carbocycles. The third-order valence-corrected chi connectivity index (χ3v) is 3.47. The molecule has 1 aromatic heterocycles. The van der Waals surface area contributed by atoms with Crippen molar-refractivity contribution in [2.75, 3.05) is 24.3 Å². The van der Waals surface area contributed by atoms with Crippen molar-refractivity contribution >= 4 is 17.5 Å². The van der Waals surface area contributed by atoms with E-state index >= 15 is 0 Å². The van der Waals surface area contributed by atoms with E-state index in [0.29, 0.717) is 17.3 Å². The number of aromatic nitrogens is 1. The molecule has 2 rings (SSSR count). The van der Waals surface area contributed by atoms with Crippen molar-refractivity contribution in [3.8, 4) is 0 Å². The van der Waals surface area contributed by atoms with Crippen LogP contribution in [0.1, 0.15) is 36.5 Å². The number of hydrogen-bond acceptors (Lipinski definition) is 5. The number of nitrogens with two attached hydrogens (primary N) is 1. The molecule has 2 heterocycles. The van der Waals surface area contributed by atoms with Gasteiger partial charge in [-0.05, 0) is 25.3 Å². The summed E-state index contributed by atoms with van der Waals surface area (Å²) in [6, 6.07) is 2.24. The third kappa shape index (κ3) is 2.25. The Balaban J connectivity index is 2.32. The minimum atomic E-state index is -0.414. The highest BCUT2D eigenvalue weighted by molar-refractivity contribution is 5.95. The van der Waals surface area contributed by atoms with Crippen LogP contribution in [0.25, 0.3) is 0 Å². The minimum absolute atomic E-state index is 0.359. The van der Waals surface area contributed by atoms with E-state index in [1.165, 1.54) is 19.7 Å². The quantitative estimate of drug-likeness (QED) is 0.828. The molecule has 5 heteroatoms. The Kier molecular flexibility index (Phi) is 3.69. The highest BCUT2D eigenvalue weighted by atomic mass is 16.5. The molecule has 1 unspecified atom stereocenters. The molecule has 98 valence electrons. The topological polar surface area (TPSA) is 68.5 Å². The van der Waals surface area contributed by atoms with Crippen molar-refractivity contribution in [1.82, 2.24) is 4.98 Å². The number of rotatable bonds is 3. The van der Waals surface area contributed by atoms with E-state index in [1.54, 1.807) is 6.07 Å². The summed E-state index contributed by atoms with van der Waals surface area (Å²) in [4.78, 5) is 18.2. The smallest absolute Gasteiger partial charge is 0.340 e. The number of nitrogens with zero attached hydrogens (tertiary/aromatic N) is 2. The summed E-state index contributed by atoms with van der Waals surface area (Å²) in [6.07, 6.45) is 4.96. The number of methoxy groups -OCH3 is 1. The van der Waals surface area contributed by atoms with Crippen LogP contribution in [0.2, 0.25) is 0 Å². The first-order valence-electron chi connectivity index (χ1n) is 6.27. The van der Waals surface area contributed by atoms with Crippen molar-refractivity contribution in [3.63, 3.8) is 0 Å². The predicted octanol–water partition coefficient (Wildman–Crippen LogP) is 1.83. The average Bonchev–Trinajstić information content (AvgIpc) is 2.86. The lowest BCUT2D eigenvalue weighted by Crippen LogP contribution is -2.29. The summed E-state index contributed by atoms with van der Waals surface area (Å²) < 4.78 is 4.72. The zero-order chi connectivity index (χ0) is 13.1. The maximum absolute atomic E-state index is 11.6. The van der Waals surface area contributed by atoms with Gasteiger partial charge in [-0.15, -0.1) is 0 Å².